The lowest BCUT2D eigenvalue weighted by atomic mass is 10.1. The molecule has 82 valence electrons. The van der Waals surface area contributed by atoms with Crippen molar-refractivity contribution in [1.82, 2.24) is 10.3 Å². The summed E-state index contributed by atoms with van der Waals surface area (Å²) in [6.45, 7) is 0.948. The fourth-order valence-corrected chi connectivity index (χ4v) is 2.82. The Bertz CT molecular complexity index is 440. The van der Waals surface area contributed by atoms with Crippen LogP contribution in [0.5, 0.6) is 0 Å². The highest BCUT2D eigenvalue weighted by atomic mass is 32.1. The summed E-state index contributed by atoms with van der Waals surface area (Å²) in [5.74, 6) is 0. The van der Waals surface area contributed by atoms with Crippen molar-refractivity contribution < 1.29 is 0 Å². The number of rotatable bonds is 3. The van der Waals surface area contributed by atoms with E-state index in [0.29, 0.717) is 6.04 Å². The van der Waals surface area contributed by atoms with Crippen LogP contribution in [0.4, 0.5) is 0 Å². The molecular formula is C13H14N2S. The molecule has 0 fully saturated rings. The van der Waals surface area contributed by atoms with Gasteiger partial charge in [-0.05, 0) is 24.0 Å². The molecule has 1 aliphatic rings. The normalized spacial score (nSPS) is 15.2. The van der Waals surface area contributed by atoms with Gasteiger partial charge in [0.1, 0.15) is 0 Å². The van der Waals surface area contributed by atoms with Crippen LogP contribution in [0.25, 0.3) is 0 Å². The number of hydrogen-bond donors (Lipinski definition) is 1. The van der Waals surface area contributed by atoms with Crippen molar-refractivity contribution in [1.29, 1.82) is 0 Å². The van der Waals surface area contributed by atoms with E-state index >= 15 is 0 Å². The molecule has 2 nitrogen and oxygen atoms in total. The summed E-state index contributed by atoms with van der Waals surface area (Å²) in [7, 11) is 0. The minimum atomic E-state index is 0.597. The van der Waals surface area contributed by atoms with Gasteiger partial charge in [-0.2, -0.15) is 0 Å². The molecule has 0 saturated heterocycles. The van der Waals surface area contributed by atoms with Gasteiger partial charge in [0.15, 0.2) is 0 Å². The molecule has 1 N–H and O–H groups in total. The molecule has 0 unspecified atom stereocenters. The molecule has 1 heterocycles. The van der Waals surface area contributed by atoms with Crippen LogP contribution in [0.15, 0.2) is 36.0 Å². The molecule has 0 spiro atoms. The Morgan fingerprint density at radius 2 is 2.00 bits per heavy atom. The van der Waals surface area contributed by atoms with Crippen LogP contribution in [0, 0.1) is 0 Å². The predicted octanol–water partition coefficient (Wildman–Crippen LogP) is 2.40. The second-order valence-corrected chi connectivity index (χ2v) is 5.19. The summed E-state index contributed by atoms with van der Waals surface area (Å²) in [5.41, 5.74) is 4.90. The van der Waals surface area contributed by atoms with Gasteiger partial charge in [0.05, 0.1) is 5.51 Å². The molecule has 3 heteroatoms. The first-order valence-corrected chi connectivity index (χ1v) is 6.47. The Morgan fingerprint density at radius 3 is 2.62 bits per heavy atom. The van der Waals surface area contributed by atoms with E-state index in [-0.39, 0.29) is 0 Å². The molecule has 16 heavy (non-hydrogen) atoms. The number of aromatic nitrogens is 1. The standard InChI is InChI=1S/C13H14N2S/c1-2-4-11-6-12(5-10(11)3-1)15-8-13-7-14-9-16-13/h1-4,7,9,12,15H,5-6,8H2. The average molecular weight is 230 g/mol. The third-order valence-electron chi connectivity index (χ3n) is 3.10. The summed E-state index contributed by atoms with van der Waals surface area (Å²) in [6.07, 6.45) is 4.27. The molecule has 2 aromatic rings. The Labute approximate surface area is 99.4 Å². The van der Waals surface area contributed by atoms with Crippen LogP contribution in [0.2, 0.25) is 0 Å². The lowest BCUT2D eigenvalue weighted by Crippen LogP contribution is -2.28. The fourth-order valence-electron chi connectivity index (χ4n) is 2.28. The maximum atomic E-state index is 4.09. The van der Waals surface area contributed by atoms with Crippen molar-refractivity contribution in [3.05, 3.63) is 52.0 Å². The molecule has 1 aromatic heterocycles. The predicted molar refractivity (Wildman–Crippen MR) is 66.6 cm³/mol. The molecule has 0 bridgehead atoms. The van der Waals surface area contributed by atoms with E-state index in [4.69, 9.17) is 0 Å². The first kappa shape index (κ1) is 10.00. The first-order chi connectivity index (χ1) is 7.92. The maximum Gasteiger partial charge on any atom is 0.0794 e. The summed E-state index contributed by atoms with van der Waals surface area (Å²) in [6, 6.07) is 9.34. The highest BCUT2D eigenvalue weighted by Gasteiger charge is 2.19. The lowest BCUT2D eigenvalue weighted by Gasteiger charge is -2.10. The van der Waals surface area contributed by atoms with Gasteiger partial charge in [-0.15, -0.1) is 11.3 Å². The molecule has 1 aromatic carbocycles. The molecule has 0 amide bonds. The summed E-state index contributed by atoms with van der Waals surface area (Å²) >= 11 is 1.72. The van der Waals surface area contributed by atoms with E-state index in [2.05, 4.69) is 34.6 Å². The zero-order chi connectivity index (χ0) is 10.8. The highest BCUT2D eigenvalue weighted by Crippen LogP contribution is 2.22. The number of fused-ring (bicyclic) bond motifs is 1. The third kappa shape index (κ3) is 2.01. The van der Waals surface area contributed by atoms with Crippen molar-refractivity contribution in [2.75, 3.05) is 0 Å². The van der Waals surface area contributed by atoms with Crippen LogP contribution in [-0.4, -0.2) is 11.0 Å². The van der Waals surface area contributed by atoms with Crippen molar-refractivity contribution in [2.24, 2.45) is 0 Å². The molecular weight excluding hydrogens is 216 g/mol. The molecule has 0 radical (unpaired) electrons. The molecule has 3 rings (SSSR count). The number of nitrogens with zero attached hydrogens (tertiary/aromatic N) is 1. The van der Waals surface area contributed by atoms with E-state index in [0.717, 1.165) is 19.4 Å². The summed E-state index contributed by atoms with van der Waals surface area (Å²) in [5, 5.41) is 3.60. The molecule has 1 aliphatic carbocycles. The number of thiazole rings is 1. The first-order valence-electron chi connectivity index (χ1n) is 5.59. The Kier molecular flexibility index (Phi) is 2.72. The van der Waals surface area contributed by atoms with E-state index < -0.39 is 0 Å². The van der Waals surface area contributed by atoms with Crippen molar-refractivity contribution in [3.63, 3.8) is 0 Å². The van der Waals surface area contributed by atoms with Crippen molar-refractivity contribution in [3.8, 4) is 0 Å². The van der Waals surface area contributed by atoms with Crippen LogP contribution < -0.4 is 5.32 Å². The highest BCUT2D eigenvalue weighted by molar-refractivity contribution is 7.09. The zero-order valence-electron chi connectivity index (χ0n) is 9.02. The van der Waals surface area contributed by atoms with E-state index in [1.165, 1.54) is 16.0 Å². The van der Waals surface area contributed by atoms with Gasteiger partial charge in [0.25, 0.3) is 0 Å². The summed E-state index contributed by atoms with van der Waals surface area (Å²) in [4.78, 5) is 5.40. The van der Waals surface area contributed by atoms with Crippen LogP contribution in [0.1, 0.15) is 16.0 Å². The van der Waals surface area contributed by atoms with Crippen LogP contribution >= 0.6 is 11.3 Å². The monoisotopic (exact) mass is 230 g/mol. The molecule has 0 aliphatic heterocycles. The fraction of sp³-hybridized carbons (Fsp3) is 0.308. The summed E-state index contributed by atoms with van der Waals surface area (Å²) < 4.78 is 0. The number of nitrogens with one attached hydrogen (secondary N) is 1. The van der Waals surface area contributed by atoms with Gasteiger partial charge >= 0.3 is 0 Å². The second-order valence-electron chi connectivity index (χ2n) is 4.22. The van der Waals surface area contributed by atoms with Crippen molar-refractivity contribution >= 4 is 11.3 Å². The minimum Gasteiger partial charge on any atom is -0.308 e. The third-order valence-corrected chi connectivity index (χ3v) is 3.88. The zero-order valence-corrected chi connectivity index (χ0v) is 9.83. The smallest absolute Gasteiger partial charge is 0.0794 e. The van der Waals surface area contributed by atoms with Gasteiger partial charge in [0.2, 0.25) is 0 Å². The van der Waals surface area contributed by atoms with Gasteiger partial charge in [0, 0.05) is 23.7 Å². The SMILES string of the molecule is c1ccc2c(c1)CC(NCc1cncs1)C2. The Balaban J connectivity index is 1.60. The average Bonchev–Trinajstić information content (AvgIpc) is 2.95. The topological polar surface area (TPSA) is 24.9 Å². The second kappa shape index (κ2) is 4.36. The van der Waals surface area contributed by atoms with Crippen LogP contribution in [-0.2, 0) is 19.4 Å². The van der Waals surface area contributed by atoms with Gasteiger partial charge in [-0.1, -0.05) is 24.3 Å². The minimum absolute atomic E-state index is 0.597. The van der Waals surface area contributed by atoms with Gasteiger partial charge in [-0.3, -0.25) is 4.98 Å². The molecule has 0 atom stereocenters. The van der Waals surface area contributed by atoms with Crippen molar-refractivity contribution in [2.45, 2.75) is 25.4 Å². The van der Waals surface area contributed by atoms with Crippen LogP contribution in [0.3, 0.4) is 0 Å². The largest absolute Gasteiger partial charge is 0.308 e. The van der Waals surface area contributed by atoms with Gasteiger partial charge in [-0.25, -0.2) is 0 Å². The molecule has 0 saturated carbocycles. The quantitative estimate of drug-likeness (QED) is 0.876. The maximum absolute atomic E-state index is 4.09. The number of benzene rings is 1. The van der Waals surface area contributed by atoms with E-state index in [9.17, 15) is 0 Å². The Morgan fingerprint density at radius 1 is 1.25 bits per heavy atom. The van der Waals surface area contributed by atoms with E-state index in [1.54, 1.807) is 11.3 Å². The Hall–Kier alpha value is -1.19. The van der Waals surface area contributed by atoms with E-state index in [1.807, 2.05) is 11.7 Å². The lowest BCUT2D eigenvalue weighted by molar-refractivity contribution is 0.536. The number of hydrogen-bond acceptors (Lipinski definition) is 3. The van der Waals surface area contributed by atoms with Gasteiger partial charge < -0.3 is 5.32 Å².